The Morgan fingerprint density at radius 3 is 2.82 bits per heavy atom. The molecule has 4 heteroatoms. The molecule has 2 aliphatic carbocycles. The van der Waals surface area contributed by atoms with Gasteiger partial charge in [-0.2, -0.15) is 5.10 Å². The van der Waals surface area contributed by atoms with E-state index in [9.17, 15) is 9.90 Å². The number of phenols is 1. The lowest BCUT2D eigenvalue weighted by Crippen LogP contribution is -2.26. The highest BCUT2D eigenvalue weighted by Gasteiger charge is 2.60. The van der Waals surface area contributed by atoms with Gasteiger partial charge in [0, 0.05) is 11.5 Å². The van der Waals surface area contributed by atoms with Gasteiger partial charge in [-0.3, -0.25) is 4.79 Å². The van der Waals surface area contributed by atoms with Crippen LogP contribution in [0.5, 0.6) is 5.75 Å². The van der Waals surface area contributed by atoms with Crippen LogP contribution in [0.4, 0.5) is 0 Å². The molecule has 4 rings (SSSR count). The van der Waals surface area contributed by atoms with Gasteiger partial charge < -0.3 is 5.11 Å². The Hall–Kier alpha value is -2.36. The van der Waals surface area contributed by atoms with Gasteiger partial charge in [-0.05, 0) is 41.5 Å². The molecule has 1 atom stereocenters. The SMILES string of the molecule is O=C(N/N=C\c1c(O)ccc2ccccc12)[C@H]1CC12CCC2. The molecule has 2 N–H and O–H groups in total. The fourth-order valence-corrected chi connectivity index (χ4v) is 3.56. The largest absolute Gasteiger partial charge is 0.507 e. The van der Waals surface area contributed by atoms with E-state index in [-0.39, 0.29) is 17.6 Å². The first-order chi connectivity index (χ1) is 10.7. The molecule has 2 aromatic rings. The fourth-order valence-electron chi connectivity index (χ4n) is 3.56. The van der Waals surface area contributed by atoms with Gasteiger partial charge in [0.25, 0.3) is 0 Å². The Kier molecular flexibility index (Phi) is 2.93. The summed E-state index contributed by atoms with van der Waals surface area (Å²) in [4.78, 5) is 12.1. The van der Waals surface area contributed by atoms with E-state index in [1.165, 1.54) is 25.5 Å². The predicted molar refractivity (Wildman–Crippen MR) is 85.7 cm³/mol. The molecule has 1 amide bonds. The van der Waals surface area contributed by atoms with Gasteiger partial charge in [0.1, 0.15) is 5.75 Å². The molecule has 2 aliphatic rings. The molecule has 4 nitrogen and oxygen atoms in total. The van der Waals surface area contributed by atoms with Crippen LogP contribution in [-0.2, 0) is 4.79 Å². The number of aromatic hydroxyl groups is 1. The summed E-state index contributed by atoms with van der Waals surface area (Å²) < 4.78 is 0. The Balaban J connectivity index is 1.51. The number of fused-ring (bicyclic) bond motifs is 1. The zero-order valence-corrected chi connectivity index (χ0v) is 12.2. The maximum Gasteiger partial charge on any atom is 0.243 e. The number of hydrogen-bond donors (Lipinski definition) is 2. The van der Waals surface area contributed by atoms with Gasteiger partial charge in [-0.1, -0.05) is 36.8 Å². The average molecular weight is 294 g/mol. The van der Waals surface area contributed by atoms with Crippen molar-refractivity contribution in [1.29, 1.82) is 0 Å². The molecule has 2 aromatic carbocycles. The van der Waals surface area contributed by atoms with Gasteiger partial charge in [0.05, 0.1) is 6.21 Å². The Bertz CT molecular complexity index is 778. The average Bonchev–Trinajstić information content (AvgIpc) is 3.25. The number of hydrogen-bond acceptors (Lipinski definition) is 3. The van der Waals surface area contributed by atoms with Crippen LogP contribution < -0.4 is 5.43 Å². The van der Waals surface area contributed by atoms with Crippen molar-refractivity contribution in [2.24, 2.45) is 16.4 Å². The molecule has 112 valence electrons. The van der Waals surface area contributed by atoms with E-state index < -0.39 is 0 Å². The van der Waals surface area contributed by atoms with Crippen molar-refractivity contribution in [3.05, 3.63) is 42.0 Å². The highest BCUT2D eigenvalue weighted by Crippen LogP contribution is 2.65. The van der Waals surface area contributed by atoms with E-state index in [1.807, 2.05) is 30.3 Å². The van der Waals surface area contributed by atoms with E-state index in [2.05, 4.69) is 10.5 Å². The fraction of sp³-hybridized carbons (Fsp3) is 0.333. The lowest BCUT2D eigenvalue weighted by atomic mass is 9.80. The minimum Gasteiger partial charge on any atom is -0.507 e. The second kappa shape index (κ2) is 4.83. The van der Waals surface area contributed by atoms with Crippen molar-refractivity contribution in [1.82, 2.24) is 5.43 Å². The van der Waals surface area contributed by atoms with Crippen molar-refractivity contribution in [3.63, 3.8) is 0 Å². The van der Waals surface area contributed by atoms with Crippen LogP contribution in [0.1, 0.15) is 31.2 Å². The second-order valence-corrected chi connectivity index (χ2v) is 6.43. The molecule has 0 saturated heterocycles. The van der Waals surface area contributed by atoms with Crippen LogP contribution in [0.25, 0.3) is 10.8 Å². The number of rotatable bonds is 3. The first-order valence-corrected chi connectivity index (χ1v) is 7.73. The predicted octanol–water partition coefficient (Wildman–Crippen LogP) is 3.19. The Labute approximate surface area is 128 Å². The molecule has 0 aliphatic heterocycles. The third kappa shape index (κ3) is 2.06. The first-order valence-electron chi connectivity index (χ1n) is 7.73. The summed E-state index contributed by atoms with van der Waals surface area (Å²) in [6, 6.07) is 11.3. The van der Waals surface area contributed by atoms with E-state index in [1.54, 1.807) is 6.07 Å². The van der Waals surface area contributed by atoms with E-state index >= 15 is 0 Å². The van der Waals surface area contributed by atoms with E-state index in [0.29, 0.717) is 11.0 Å². The van der Waals surface area contributed by atoms with Crippen molar-refractivity contribution >= 4 is 22.9 Å². The summed E-state index contributed by atoms with van der Waals surface area (Å²) in [6.45, 7) is 0. The highest BCUT2D eigenvalue weighted by atomic mass is 16.3. The Morgan fingerprint density at radius 1 is 1.27 bits per heavy atom. The zero-order valence-electron chi connectivity index (χ0n) is 12.2. The minimum absolute atomic E-state index is 0.00989. The number of carbonyl (C=O) groups is 1. The van der Waals surface area contributed by atoms with Crippen LogP contribution in [0.15, 0.2) is 41.5 Å². The summed E-state index contributed by atoms with van der Waals surface area (Å²) in [6.07, 6.45) is 6.15. The maximum atomic E-state index is 12.1. The van der Waals surface area contributed by atoms with Gasteiger partial charge in [-0.25, -0.2) is 5.43 Å². The number of nitrogens with one attached hydrogen (secondary N) is 1. The Morgan fingerprint density at radius 2 is 2.09 bits per heavy atom. The lowest BCUT2D eigenvalue weighted by Gasteiger charge is -2.25. The van der Waals surface area contributed by atoms with Crippen molar-refractivity contribution in [3.8, 4) is 5.75 Å². The van der Waals surface area contributed by atoms with Gasteiger partial charge >= 0.3 is 0 Å². The molecule has 0 bridgehead atoms. The molecule has 0 radical (unpaired) electrons. The molecular weight excluding hydrogens is 276 g/mol. The van der Waals surface area contributed by atoms with Crippen molar-refractivity contribution in [2.45, 2.75) is 25.7 Å². The number of hydrazone groups is 1. The number of nitrogens with zero attached hydrogens (tertiary/aromatic N) is 1. The van der Waals surface area contributed by atoms with E-state index in [0.717, 1.165) is 17.2 Å². The van der Waals surface area contributed by atoms with Gasteiger partial charge in [0.15, 0.2) is 0 Å². The van der Waals surface area contributed by atoms with Gasteiger partial charge in [-0.15, -0.1) is 0 Å². The second-order valence-electron chi connectivity index (χ2n) is 6.43. The van der Waals surface area contributed by atoms with Crippen LogP contribution in [0.2, 0.25) is 0 Å². The number of amides is 1. The topological polar surface area (TPSA) is 61.7 Å². The molecular formula is C18H18N2O2. The molecule has 1 spiro atoms. The molecule has 0 heterocycles. The van der Waals surface area contributed by atoms with Crippen LogP contribution in [0, 0.1) is 11.3 Å². The molecule has 2 fully saturated rings. The summed E-state index contributed by atoms with van der Waals surface area (Å²) in [5, 5.41) is 16.0. The van der Waals surface area contributed by atoms with Crippen LogP contribution >= 0.6 is 0 Å². The van der Waals surface area contributed by atoms with Crippen molar-refractivity contribution < 1.29 is 9.90 Å². The van der Waals surface area contributed by atoms with Crippen LogP contribution in [0.3, 0.4) is 0 Å². The summed E-state index contributed by atoms with van der Waals surface area (Å²) in [5.41, 5.74) is 3.57. The number of phenolic OH excluding ortho intramolecular Hbond substituents is 1. The summed E-state index contributed by atoms with van der Waals surface area (Å²) in [5.74, 6) is 0.314. The smallest absolute Gasteiger partial charge is 0.243 e. The number of carbonyl (C=O) groups excluding carboxylic acids is 1. The minimum atomic E-state index is 0.00989. The highest BCUT2D eigenvalue weighted by molar-refractivity contribution is 6.02. The van der Waals surface area contributed by atoms with Crippen molar-refractivity contribution in [2.75, 3.05) is 0 Å². The molecule has 22 heavy (non-hydrogen) atoms. The molecule has 2 saturated carbocycles. The van der Waals surface area contributed by atoms with Crippen LogP contribution in [-0.4, -0.2) is 17.2 Å². The summed E-state index contributed by atoms with van der Waals surface area (Å²) in [7, 11) is 0. The third-order valence-electron chi connectivity index (χ3n) is 5.17. The third-order valence-corrected chi connectivity index (χ3v) is 5.17. The maximum absolute atomic E-state index is 12.1. The molecule has 0 aromatic heterocycles. The first kappa shape index (κ1) is 13.3. The zero-order chi connectivity index (χ0) is 15.2. The standard InChI is InChI=1S/C18H18N2O2/c21-16-7-6-12-4-1-2-5-13(12)14(16)11-19-20-17(22)15-10-18(15)8-3-9-18/h1-2,4-7,11,15,21H,3,8-10H2,(H,20,22)/b19-11-/t15-/m1/s1. The monoisotopic (exact) mass is 294 g/mol. The molecule has 0 unspecified atom stereocenters. The summed E-state index contributed by atoms with van der Waals surface area (Å²) >= 11 is 0. The lowest BCUT2D eigenvalue weighted by molar-refractivity contribution is -0.123. The van der Waals surface area contributed by atoms with E-state index in [4.69, 9.17) is 0 Å². The quantitative estimate of drug-likeness (QED) is 0.674. The normalized spacial score (nSPS) is 21.9. The number of benzene rings is 2. The van der Waals surface area contributed by atoms with Gasteiger partial charge in [0.2, 0.25) is 5.91 Å².